The van der Waals surface area contributed by atoms with E-state index in [-0.39, 0.29) is 11.6 Å². The Labute approximate surface area is 117 Å². The molecule has 1 aromatic carbocycles. The second-order valence-corrected chi connectivity index (χ2v) is 7.13. The van der Waals surface area contributed by atoms with E-state index in [2.05, 4.69) is 5.16 Å². The van der Waals surface area contributed by atoms with Crippen molar-refractivity contribution in [2.45, 2.75) is 31.8 Å². The van der Waals surface area contributed by atoms with E-state index < -0.39 is 15.1 Å². The average Bonchev–Trinajstić information content (AvgIpc) is 2.70. The van der Waals surface area contributed by atoms with E-state index in [1.165, 1.54) is 24.3 Å². The maximum atomic E-state index is 12.9. The summed E-state index contributed by atoms with van der Waals surface area (Å²) in [5, 5.41) is 3.04. The normalized spacial score (nSPS) is 13.4. The van der Waals surface area contributed by atoms with Gasteiger partial charge in [-0.25, -0.2) is 12.8 Å². The first kappa shape index (κ1) is 14.7. The maximum absolute atomic E-state index is 12.9. The molecular formula is C14H16FNO3S. The van der Waals surface area contributed by atoms with Gasteiger partial charge in [-0.15, -0.1) is 0 Å². The number of benzene rings is 1. The van der Waals surface area contributed by atoms with Gasteiger partial charge in [0.25, 0.3) is 0 Å². The van der Waals surface area contributed by atoms with Crippen LogP contribution in [0.1, 0.15) is 34.8 Å². The highest BCUT2D eigenvalue weighted by molar-refractivity contribution is 7.90. The monoisotopic (exact) mass is 297 g/mol. The van der Waals surface area contributed by atoms with Gasteiger partial charge >= 0.3 is 0 Å². The summed E-state index contributed by atoms with van der Waals surface area (Å²) in [4.78, 5) is 0. The molecule has 2 aromatic rings. The van der Waals surface area contributed by atoms with Gasteiger partial charge in [0.2, 0.25) is 0 Å². The summed E-state index contributed by atoms with van der Waals surface area (Å²) in [5.74, 6) is -0.00589. The summed E-state index contributed by atoms with van der Waals surface area (Å²) in [6.45, 7) is 5.00. The topological polar surface area (TPSA) is 60.2 Å². The number of halogens is 1. The third-order valence-electron chi connectivity index (χ3n) is 3.40. The van der Waals surface area contributed by atoms with Gasteiger partial charge in [0, 0.05) is 5.56 Å². The third-order valence-corrected chi connectivity index (χ3v) is 5.45. The quantitative estimate of drug-likeness (QED) is 0.870. The van der Waals surface area contributed by atoms with Crippen molar-refractivity contribution >= 4 is 9.84 Å². The van der Waals surface area contributed by atoms with Gasteiger partial charge in [-0.3, -0.25) is 0 Å². The lowest BCUT2D eigenvalue weighted by Gasteiger charge is -2.13. The zero-order valence-corrected chi connectivity index (χ0v) is 12.4. The second-order valence-electron chi connectivity index (χ2n) is 4.80. The molecule has 20 heavy (non-hydrogen) atoms. The predicted molar refractivity (Wildman–Crippen MR) is 73.4 cm³/mol. The fraction of sp³-hybridized carbons (Fsp3) is 0.357. The molecule has 0 aliphatic heterocycles. The van der Waals surface area contributed by atoms with Crippen molar-refractivity contribution in [2.24, 2.45) is 0 Å². The van der Waals surface area contributed by atoms with E-state index >= 15 is 0 Å². The highest BCUT2D eigenvalue weighted by Crippen LogP contribution is 2.27. The first-order valence-corrected chi connectivity index (χ1v) is 7.91. The SMILES string of the molecule is Cc1noc(C)c1CS(=O)(=O)C(C)c1ccc(F)cc1. The van der Waals surface area contributed by atoms with Crippen molar-refractivity contribution in [1.29, 1.82) is 0 Å². The van der Waals surface area contributed by atoms with E-state index in [0.29, 0.717) is 22.6 Å². The molecule has 1 heterocycles. The number of hydrogen-bond acceptors (Lipinski definition) is 4. The molecular weight excluding hydrogens is 281 g/mol. The molecule has 0 amide bonds. The van der Waals surface area contributed by atoms with E-state index in [1.54, 1.807) is 20.8 Å². The lowest BCUT2D eigenvalue weighted by Crippen LogP contribution is -2.13. The molecule has 2 rings (SSSR count). The largest absolute Gasteiger partial charge is 0.361 e. The molecule has 0 spiro atoms. The van der Waals surface area contributed by atoms with Gasteiger partial charge in [0.05, 0.1) is 16.7 Å². The Kier molecular flexibility index (Phi) is 3.94. The zero-order valence-electron chi connectivity index (χ0n) is 11.6. The van der Waals surface area contributed by atoms with E-state index in [9.17, 15) is 12.8 Å². The molecule has 108 valence electrons. The van der Waals surface area contributed by atoms with Crippen LogP contribution < -0.4 is 0 Å². The Morgan fingerprint density at radius 1 is 1.25 bits per heavy atom. The number of nitrogens with zero attached hydrogens (tertiary/aromatic N) is 1. The van der Waals surface area contributed by atoms with E-state index in [0.717, 1.165) is 0 Å². The molecule has 6 heteroatoms. The number of rotatable bonds is 4. The minimum atomic E-state index is -3.42. The molecule has 0 radical (unpaired) electrons. The molecule has 0 fully saturated rings. The molecule has 1 atom stereocenters. The minimum absolute atomic E-state index is 0.132. The van der Waals surface area contributed by atoms with Gasteiger partial charge in [-0.05, 0) is 38.5 Å². The van der Waals surface area contributed by atoms with E-state index in [1.807, 2.05) is 0 Å². The summed E-state index contributed by atoms with van der Waals surface area (Å²) in [6.07, 6.45) is 0. The van der Waals surface area contributed by atoms with Gasteiger partial charge in [-0.1, -0.05) is 17.3 Å². The molecule has 0 N–H and O–H groups in total. The van der Waals surface area contributed by atoms with Crippen LogP contribution in [0.15, 0.2) is 28.8 Å². The molecule has 0 saturated carbocycles. The lowest BCUT2D eigenvalue weighted by molar-refractivity contribution is 0.392. The first-order valence-electron chi connectivity index (χ1n) is 6.20. The van der Waals surface area contributed by atoms with Crippen molar-refractivity contribution < 1.29 is 17.3 Å². The Morgan fingerprint density at radius 3 is 2.35 bits per heavy atom. The van der Waals surface area contributed by atoms with E-state index in [4.69, 9.17) is 4.52 Å². The Hall–Kier alpha value is -1.69. The van der Waals surface area contributed by atoms with Crippen LogP contribution in [-0.4, -0.2) is 13.6 Å². The molecule has 4 nitrogen and oxygen atoms in total. The van der Waals surface area contributed by atoms with Crippen LogP contribution in [0.4, 0.5) is 4.39 Å². The van der Waals surface area contributed by atoms with Gasteiger partial charge in [0.15, 0.2) is 9.84 Å². The van der Waals surface area contributed by atoms with Gasteiger partial charge in [-0.2, -0.15) is 0 Å². The number of aryl methyl sites for hydroxylation is 2. The smallest absolute Gasteiger partial charge is 0.161 e. The standard InChI is InChI=1S/C14H16FNO3S/c1-9-14(10(2)19-16-9)8-20(17,18)11(3)12-4-6-13(15)7-5-12/h4-7,11H,8H2,1-3H3. The maximum Gasteiger partial charge on any atom is 0.161 e. The van der Waals surface area contributed by atoms with Gasteiger partial charge < -0.3 is 4.52 Å². The Bertz CT molecular complexity index is 685. The number of aromatic nitrogens is 1. The fourth-order valence-electron chi connectivity index (χ4n) is 1.98. The summed E-state index contributed by atoms with van der Waals surface area (Å²) in [7, 11) is -3.42. The van der Waals surface area contributed by atoms with Crippen LogP contribution in [0, 0.1) is 19.7 Å². The van der Waals surface area contributed by atoms with Crippen molar-refractivity contribution in [3.05, 3.63) is 52.7 Å². The molecule has 1 aromatic heterocycles. The third kappa shape index (κ3) is 2.90. The average molecular weight is 297 g/mol. The van der Waals surface area contributed by atoms with Gasteiger partial charge in [0.1, 0.15) is 11.6 Å². The first-order chi connectivity index (χ1) is 9.31. The second kappa shape index (κ2) is 5.36. The van der Waals surface area contributed by atoms with Crippen LogP contribution in [-0.2, 0) is 15.6 Å². The lowest BCUT2D eigenvalue weighted by atomic mass is 10.2. The van der Waals surface area contributed by atoms with Crippen LogP contribution in [0.25, 0.3) is 0 Å². The molecule has 0 aliphatic carbocycles. The summed E-state index contributed by atoms with van der Waals surface area (Å²) < 4.78 is 42.7. The van der Waals surface area contributed by atoms with Crippen molar-refractivity contribution in [2.75, 3.05) is 0 Å². The summed E-state index contributed by atoms with van der Waals surface area (Å²) in [5.41, 5.74) is 1.74. The fourth-order valence-corrected chi connectivity index (χ4v) is 3.61. The number of hydrogen-bond donors (Lipinski definition) is 0. The van der Waals surface area contributed by atoms with Crippen LogP contribution >= 0.6 is 0 Å². The van der Waals surface area contributed by atoms with Crippen molar-refractivity contribution in [3.63, 3.8) is 0 Å². The van der Waals surface area contributed by atoms with Crippen LogP contribution in [0.5, 0.6) is 0 Å². The highest BCUT2D eigenvalue weighted by atomic mass is 32.2. The minimum Gasteiger partial charge on any atom is -0.361 e. The zero-order chi connectivity index (χ0) is 14.9. The summed E-state index contributed by atoms with van der Waals surface area (Å²) >= 11 is 0. The Balaban J connectivity index is 2.28. The highest BCUT2D eigenvalue weighted by Gasteiger charge is 2.26. The Morgan fingerprint density at radius 2 is 1.85 bits per heavy atom. The molecule has 0 aliphatic rings. The predicted octanol–water partition coefficient (Wildman–Crippen LogP) is 3.11. The van der Waals surface area contributed by atoms with Crippen LogP contribution in [0.3, 0.4) is 0 Å². The molecule has 1 unspecified atom stereocenters. The number of sulfone groups is 1. The molecule has 0 bridgehead atoms. The van der Waals surface area contributed by atoms with Crippen molar-refractivity contribution in [1.82, 2.24) is 5.16 Å². The summed E-state index contributed by atoms with van der Waals surface area (Å²) in [6, 6.07) is 5.50. The molecule has 0 saturated heterocycles. The van der Waals surface area contributed by atoms with Crippen molar-refractivity contribution in [3.8, 4) is 0 Å². The van der Waals surface area contributed by atoms with Crippen LogP contribution in [0.2, 0.25) is 0 Å².